The lowest BCUT2D eigenvalue weighted by Gasteiger charge is -2.27. The number of hydrogen-bond donors (Lipinski definition) is 0. The van der Waals surface area contributed by atoms with Crippen LogP contribution in [0, 0.1) is 0 Å². The second-order valence-corrected chi connectivity index (χ2v) is 16.4. The lowest BCUT2D eigenvalue weighted by atomic mass is 9.91. The first-order valence-corrected chi connectivity index (χ1v) is 21.9. The number of para-hydroxylation sites is 1. The molecule has 1 aromatic heterocycles. The van der Waals surface area contributed by atoms with Crippen molar-refractivity contribution in [2.45, 2.75) is 0 Å². The van der Waals surface area contributed by atoms with Gasteiger partial charge in [0.2, 0.25) is 0 Å². The lowest BCUT2D eigenvalue weighted by Crippen LogP contribution is -2.10. The molecular weight excluding hydrogens is 775 g/mol. The van der Waals surface area contributed by atoms with Gasteiger partial charge in [0, 0.05) is 33.1 Å². The number of hydrogen-bond acceptors (Lipinski definition) is 2. The maximum atomic E-state index is 6.64. The minimum atomic E-state index is 0.889. The summed E-state index contributed by atoms with van der Waals surface area (Å²) in [6, 6.07) is 89.6. The van der Waals surface area contributed by atoms with Crippen LogP contribution in [-0.2, 0) is 0 Å². The maximum absolute atomic E-state index is 6.64. The highest BCUT2D eigenvalue weighted by molar-refractivity contribution is 6.16. The van der Waals surface area contributed by atoms with Crippen LogP contribution in [0.5, 0.6) is 0 Å². The Morgan fingerprint density at radius 2 is 0.797 bits per heavy atom. The minimum absolute atomic E-state index is 0.889. The largest absolute Gasteiger partial charge is 0.455 e. The van der Waals surface area contributed by atoms with Gasteiger partial charge >= 0.3 is 0 Å². The van der Waals surface area contributed by atoms with Crippen LogP contribution in [0.15, 0.2) is 253 Å². The van der Waals surface area contributed by atoms with Crippen LogP contribution in [-0.4, -0.2) is 0 Å². The van der Waals surface area contributed by atoms with Gasteiger partial charge in [-0.1, -0.05) is 200 Å². The predicted molar refractivity (Wildman–Crippen MR) is 271 cm³/mol. The van der Waals surface area contributed by atoms with E-state index in [0.717, 1.165) is 66.8 Å². The van der Waals surface area contributed by atoms with Gasteiger partial charge in [0.15, 0.2) is 0 Å². The SMILES string of the molecule is c1ccc(-c2ccc(-c3ccc(N(c4ccc(-c5ccc(-c6ccccc6)c6oc7ccccc7c56)cc4)c4cccc5c4ccc4ccccc45)cc3)c(-c3ccccc3)c2)cc1. The molecule has 300 valence electrons. The van der Waals surface area contributed by atoms with Crippen molar-refractivity contribution >= 4 is 60.5 Å². The zero-order chi connectivity index (χ0) is 42.4. The second-order valence-electron chi connectivity index (χ2n) is 16.4. The van der Waals surface area contributed by atoms with Crippen molar-refractivity contribution in [2.24, 2.45) is 0 Å². The molecule has 0 saturated heterocycles. The molecule has 0 N–H and O–H groups in total. The molecule has 0 amide bonds. The van der Waals surface area contributed by atoms with Gasteiger partial charge in [-0.25, -0.2) is 0 Å². The number of rotatable bonds is 8. The molecule has 11 aromatic carbocycles. The highest BCUT2D eigenvalue weighted by Crippen LogP contribution is 2.45. The van der Waals surface area contributed by atoms with E-state index in [9.17, 15) is 0 Å². The van der Waals surface area contributed by atoms with Crippen molar-refractivity contribution in [1.29, 1.82) is 0 Å². The van der Waals surface area contributed by atoms with Crippen molar-refractivity contribution in [3.63, 3.8) is 0 Å². The van der Waals surface area contributed by atoms with Gasteiger partial charge in [-0.2, -0.15) is 0 Å². The Bertz CT molecular complexity index is 3630. The Labute approximate surface area is 372 Å². The summed E-state index contributed by atoms with van der Waals surface area (Å²) in [6.45, 7) is 0. The van der Waals surface area contributed by atoms with Crippen LogP contribution in [0.1, 0.15) is 0 Å². The number of anilines is 3. The highest BCUT2D eigenvalue weighted by atomic mass is 16.3. The molecule has 0 radical (unpaired) electrons. The average Bonchev–Trinajstić information content (AvgIpc) is 3.77. The van der Waals surface area contributed by atoms with Crippen LogP contribution >= 0.6 is 0 Å². The van der Waals surface area contributed by atoms with Crippen molar-refractivity contribution in [1.82, 2.24) is 0 Å². The van der Waals surface area contributed by atoms with Gasteiger partial charge in [-0.15, -0.1) is 0 Å². The summed E-state index contributed by atoms with van der Waals surface area (Å²) in [5, 5.41) is 7.15. The van der Waals surface area contributed by atoms with E-state index in [1.807, 2.05) is 6.07 Å². The van der Waals surface area contributed by atoms with Crippen LogP contribution in [0.25, 0.3) is 99.1 Å². The van der Waals surface area contributed by atoms with Gasteiger partial charge in [-0.05, 0) is 115 Å². The Morgan fingerprint density at radius 3 is 1.50 bits per heavy atom. The summed E-state index contributed by atoms with van der Waals surface area (Å²) in [5.41, 5.74) is 16.7. The highest BCUT2D eigenvalue weighted by Gasteiger charge is 2.20. The molecular formula is C62H41NO. The quantitative estimate of drug-likeness (QED) is 0.142. The summed E-state index contributed by atoms with van der Waals surface area (Å²) in [7, 11) is 0. The molecule has 0 saturated carbocycles. The number of benzene rings is 11. The zero-order valence-corrected chi connectivity index (χ0v) is 35.0. The standard InChI is InChI=1S/C62H41NO/c1-4-15-42(16-5-1)48-32-37-52(58(41-48)44-19-8-3-9-20-44)46-27-33-49(34-28-46)63(59-25-14-24-55-51-22-11-10-21-45(51)31-38-56(55)59)50-35-29-47(30-36-50)53-39-40-54(43-17-6-2-7-18-43)62-61(53)57-23-12-13-26-60(57)64-62/h1-41H. The molecule has 0 atom stereocenters. The van der Waals surface area contributed by atoms with Gasteiger partial charge in [0.1, 0.15) is 11.2 Å². The number of nitrogens with zero attached hydrogens (tertiary/aromatic N) is 1. The molecule has 1 heterocycles. The molecule has 64 heavy (non-hydrogen) atoms. The van der Waals surface area contributed by atoms with Crippen molar-refractivity contribution in [2.75, 3.05) is 4.90 Å². The Balaban J connectivity index is 0.996. The molecule has 0 aliphatic rings. The fraction of sp³-hybridized carbons (Fsp3) is 0. The molecule has 2 nitrogen and oxygen atoms in total. The minimum Gasteiger partial charge on any atom is -0.455 e. The fourth-order valence-corrected chi connectivity index (χ4v) is 9.60. The number of furan rings is 1. The monoisotopic (exact) mass is 815 g/mol. The topological polar surface area (TPSA) is 16.4 Å². The van der Waals surface area contributed by atoms with E-state index >= 15 is 0 Å². The van der Waals surface area contributed by atoms with Crippen LogP contribution < -0.4 is 4.90 Å². The van der Waals surface area contributed by atoms with Crippen molar-refractivity contribution in [3.8, 4) is 55.6 Å². The normalized spacial score (nSPS) is 11.4. The molecule has 0 spiro atoms. The van der Waals surface area contributed by atoms with E-state index in [2.05, 4.69) is 248 Å². The van der Waals surface area contributed by atoms with Gasteiger partial charge in [0.25, 0.3) is 0 Å². The van der Waals surface area contributed by atoms with Gasteiger partial charge in [0.05, 0.1) is 5.69 Å². The molecule has 0 aliphatic heterocycles. The molecule has 12 aromatic rings. The third kappa shape index (κ3) is 6.52. The van der Waals surface area contributed by atoms with E-state index in [1.54, 1.807) is 0 Å². The maximum Gasteiger partial charge on any atom is 0.143 e. The summed E-state index contributed by atoms with van der Waals surface area (Å²) < 4.78 is 6.64. The average molecular weight is 816 g/mol. The smallest absolute Gasteiger partial charge is 0.143 e. The first-order chi connectivity index (χ1) is 31.7. The zero-order valence-electron chi connectivity index (χ0n) is 35.0. The molecule has 12 rings (SSSR count). The molecule has 2 heteroatoms. The molecule has 0 unspecified atom stereocenters. The molecule has 0 fully saturated rings. The van der Waals surface area contributed by atoms with E-state index < -0.39 is 0 Å². The Morgan fingerprint density at radius 1 is 0.281 bits per heavy atom. The van der Waals surface area contributed by atoms with Gasteiger partial charge in [-0.3, -0.25) is 0 Å². The first-order valence-electron chi connectivity index (χ1n) is 21.9. The number of fused-ring (bicyclic) bond motifs is 6. The van der Waals surface area contributed by atoms with E-state index in [1.165, 1.54) is 49.4 Å². The Hall–Kier alpha value is -8.46. The summed E-state index contributed by atoms with van der Waals surface area (Å²) >= 11 is 0. The van der Waals surface area contributed by atoms with E-state index in [0.29, 0.717) is 0 Å². The van der Waals surface area contributed by atoms with E-state index in [4.69, 9.17) is 4.42 Å². The molecule has 0 bridgehead atoms. The predicted octanol–water partition coefficient (Wildman–Crippen LogP) is 17.7. The second kappa shape index (κ2) is 15.8. The van der Waals surface area contributed by atoms with Crippen molar-refractivity contribution < 1.29 is 4.42 Å². The van der Waals surface area contributed by atoms with Crippen molar-refractivity contribution in [3.05, 3.63) is 249 Å². The lowest BCUT2D eigenvalue weighted by molar-refractivity contribution is 0.670. The first kappa shape index (κ1) is 37.3. The third-order valence-corrected chi connectivity index (χ3v) is 12.7. The van der Waals surface area contributed by atoms with Crippen LogP contribution in [0.3, 0.4) is 0 Å². The van der Waals surface area contributed by atoms with Crippen LogP contribution in [0.2, 0.25) is 0 Å². The van der Waals surface area contributed by atoms with Crippen LogP contribution in [0.4, 0.5) is 17.1 Å². The van der Waals surface area contributed by atoms with Gasteiger partial charge < -0.3 is 9.32 Å². The Kier molecular flexibility index (Phi) is 9.20. The third-order valence-electron chi connectivity index (χ3n) is 12.7. The summed E-state index contributed by atoms with van der Waals surface area (Å²) in [4.78, 5) is 2.41. The molecule has 0 aliphatic carbocycles. The van der Waals surface area contributed by atoms with E-state index in [-0.39, 0.29) is 0 Å². The summed E-state index contributed by atoms with van der Waals surface area (Å²) in [6.07, 6.45) is 0. The fourth-order valence-electron chi connectivity index (χ4n) is 9.60. The summed E-state index contributed by atoms with van der Waals surface area (Å²) in [5.74, 6) is 0.